The zero-order valence-electron chi connectivity index (χ0n) is 14.2. The molecule has 4 aromatic rings. The Bertz CT molecular complexity index is 1260. The lowest BCUT2D eigenvalue weighted by atomic mass is 10.1. The van der Waals surface area contributed by atoms with E-state index in [4.69, 9.17) is 11.6 Å². The molecule has 0 atom stereocenters. The van der Waals surface area contributed by atoms with Crippen molar-refractivity contribution in [1.82, 2.24) is 14.4 Å². The fourth-order valence-electron chi connectivity index (χ4n) is 2.76. The van der Waals surface area contributed by atoms with Gasteiger partial charge in [0.25, 0.3) is 5.56 Å². The molecule has 0 aliphatic rings. The standard InChI is InChI=1S/C20H12ClN3O3S/c21-15-14(9-8-12-5-4-10-22-11-12)23-20-24(18(15)25)16(17(28-20)19(26)27)13-6-2-1-3-7-13/h1-11H,(H,26,27)/b9-8+. The number of hydrogen-bond acceptors (Lipinski definition) is 5. The lowest BCUT2D eigenvalue weighted by Crippen LogP contribution is -2.17. The van der Waals surface area contributed by atoms with Crippen molar-refractivity contribution in [2.24, 2.45) is 0 Å². The monoisotopic (exact) mass is 409 g/mol. The summed E-state index contributed by atoms with van der Waals surface area (Å²) in [7, 11) is 0. The molecule has 0 bridgehead atoms. The first-order valence-electron chi connectivity index (χ1n) is 8.18. The Balaban J connectivity index is 1.94. The van der Waals surface area contributed by atoms with Crippen LogP contribution in [0.15, 0.2) is 59.7 Å². The van der Waals surface area contributed by atoms with Crippen LogP contribution >= 0.6 is 22.9 Å². The van der Waals surface area contributed by atoms with Crippen LogP contribution in [0.3, 0.4) is 0 Å². The van der Waals surface area contributed by atoms with Crippen molar-refractivity contribution in [2.75, 3.05) is 0 Å². The Kier molecular flexibility index (Phi) is 4.77. The van der Waals surface area contributed by atoms with Crippen molar-refractivity contribution < 1.29 is 9.90 Å². The van der Waals surface area contributed by atoms with Crippen LogP contribution in [0.25, 0.3) is 28.4 Å². The molecule has 3 aromatic heterocycles. The maximum atomic E-state index is 12.9. The van der Waals surface area contributed by atoms with Gasteiger partial charge in [0, 0.05) is 18.0 Å². The second-order valence-electron chi connectivity index (χ2n) is 5.80. The molecule has 1 N–H and O–H groups in total. The number of pyridine rings is 1. The number of halogens is 1. The fraction of sp³-hybridized carbons (Fsp3) is 0. The van der Waals surface area contributed by atoms with E-state index in [-0.39, 0.29) is 26.2 Å². The highest BCUT2D eigenvalue weighted by molar-refractivity contribution is 7.19. The van der Waals surface area contributed by atoms with Gasteiger partial charge in [-0.15, -0.1) is 0 Å². The van der Waals surface area contributed by atoms with Crippen LogP contribution in [-0.2, 0) is 0 Å². The zero-order valence-corrected chi connectivity index (χ0v) is 15.8. The minimum absolute atomic E-state index is 0.0280. The average Bonchev–Trinajstić information content (AvgIpc) is 3.11. The molecule has 28 heavy (non-hydrogen) atoms. The summed E-state index contributed by atoms with van der Waals surface area (Å²) in [5.41, 5.74) is 1.46. The average molecular weight is 410 g/mol. The molecular formula is C20H12ClN3O3S. The minimum Gasteiger partial charge on any atom is -0.477 e. The Morgan fingerprint density at radius 2 is 1.93 bits per heavy atom. The first-order valence-corrected chi connectivity index (χ1v) is 9.37. The third-order valence-corrected chi connectivity index (χ3v) is 5.40. The molecule has 0 aliphatic heterocycles. The normalized spacial score (nSPS) is 11.3. The first-order chi connectivity index (χ1) is 13.6. The number of rotatable bonds is 4. The zero-order chi connectivity index (χ0) is 19.7. The van der Waals surface area contributed by atoms with Crippen LogP contribution < -0.4 is 5.56 Å². The number of benzene rings is 1. The van der Waals surface area contributed by atoms with Gasteiger partial charge in [0.1, 0.15) is 9.90 Å². The number of carboxylic acids is 1. The van der Waals surface area contributed by atoms with Gasteiger partial charge in [-0.05, 0) is 17.7 Å². The third-order valence-electron chi connectivity index (χ3n) is 4.01. The molecule has 0 amide bonds. The molecule has 6 nitrogen and oxygen atoms in total. The van der Waals surface area contributed by atoms with Gasteiger partial charge in [-0.25, -0.2) is 14.2 Å². The molecule has 1 aromatic carbocycles. The molecule has 0 aliphatic carbocycles. The smallest absolute Gasteiger partial charge is 0.348 e. The Labute approximate surface area is 168 Å². The van der Waals surface area contributed by atoms with Gasteiger partial charge in [0.2, 0.25) is 0 Å². The van der Waals surface area contributed by atoms with E-state index in [1.54, 1.807) is 54.9 Å². The fourth-order valence-corrected chi connectivity index (χ4v) is 3.94. The van der Waals surface area contributed by atoms with E-state index in [9.17, 15) is 14.7 Å². The van der Waals surface area contributed by atoms with Crippen LogP contribution in [0.5, 0.6) is 0 Å². The molecule has 4 rings (SSSR count). The lowest BCUT2D eigenvalue weighted by Gasteiger charge is -2.05. The number of fused-ring (bicyclic) bond motifs is 1. The predicted molar refractivity (Wildman–Crippen MR) is 110 cm³/mol. The third kappa shape index (κ3) is 3.21. The minimum atomic E-state index is -1.13. The Hall–Kier alpha value is -3.29. The molecule has 0 saturated carbocycles. The molecule has 3 heterocycles. The van der Waals surface area contributed by atoms with Crippen molar-refractivity contribution in [3.05, 3.63) is 86.4 Å². The van der Waals surface area contributed by atoms with Gasteiger partial charge < -0.3 is 5.11 Å². The van der Waals surface area contributed by atoms with E-state index in [1.807, 2.05) is 12.1 Å². The van der Waals surface area contributed by atoms with Gasteiger partial charge in [0.05, 0.1) is 11.4 Å². The molecular weight excluding hydrogens is 398 g/mol. The highest BCUT2D eigenvalue weighted by Crippen LogP contribution is 2.31. The summed E-state index contributed by atoms with van der Waals surface area (Å²) in [5, 5.41) is 9.54. The summed E-state index contributed by atoms with van der Waals surface area (Å²) in [6.45, 7) is 0. The molecule has 0 fully saturated rings. The van der Waals surface area contributed by atoms with E-state index < -0.39 is 11.5 Å². The van der Waals surface area contributed by atoms with Gasteiger partial charge in [0.15, 0.2) is 4.96 Å². The summed E-state index contributed by atoms with van der Waals surface area (Å²) >= 11 is 7.21. The molecule has 0 spiro atoms. The maximum absolute atomic E-state index is 12.9. The highest BCUT2D eigenvalue weighted by atomic mass is 35.5. The van der Waals surface area contributed by atoms with E-state index >= 15 is 0 Å². The molecule has 8 heteroatoms. The SMILES string of the molecule is O=C(O)c1sc2nc(/C=C/c3cccnc3)c(Cl)c(=O)n2c1-c1ccccc1. The van der Waals surface area contributed by atoms with Gasteiger partial charge in [-0.1, -0.05) is 65.4 Å². The molecule has 0 unspecified atom stereocenters. The number of aromatic nitrogens is 3. The number of thiazole rings is 1. The van der Waals surface area contributed by atoms with E-state index in [2.05, 4.69) is 9.97 Å². The maximum Gasteiger partial charge on any atom is 0.348 e. The van der Waals surface area contributed by atoms with Crippen LogP contribution in [0.2, 0.25) is 5.02 Å². The van der Waals surface area contributed by atoms with Crippen molar-refractivity contribution in [3.63, 3.8) is 0 Å². The van der Waals surface area contributed by atoms with Crippen LogP contribution in [0, 0.1) is 0 Å². The van der Waals surface area contributed by atoms with Crippen molar-refractivity contribution in [3.8, 4) is 11.3 Å². The van der Waals surface area contributed by atoms with Crippen molar-refractivity contribution >= 4 is 46.0 Å². The van der Waals surface area contributed by atoms with E-state index in [0.717, 1.165) is 16.9 Å². The van der Waals surface area contributed by atoms with E-state index in [1.165, 1.54) is 4.40 Å². The van der Waals surface area contributed by atoms with E-state index in [0.29, 0.717) is 5.56 Å². The number of hydrogen-bond donors (Lipinski definition) is 1. The largest absolute Gasteiger partial charge is 0.477 e. The molecule has 0 radical (unpaired) electrons. The van der Waals surface area contributed by atoms with Gasteiger partial charge in [-0.2, -0.15) is 0 Å². The summed E-state index contributed by atoms with van der Waals surface area (Å²) in [6.07, 6.45) is 6.67. The number of carbonyl (C=O) groups is 1. The number of aromatic carboxylic acids is 1. The van der Waals surface area contributed by atoms with Gasteiger partial charge >= 0.3 is 5.97 Å². The van der Waals surface area contributed by atoms with Crippen LogP contribution in [-0.4, -0.2) is 25.4 Å². The second kappa shape index (κ2) is 7.38. The second-order valence-corrected chi connectivity index (χ2v) is 7.16. The Morgan fingerprint density at radius 1 is 1.14 bits per heavy atom. The summed E-state index contributed by atoms with van der Waals surface area (Å²) in [6, 6.07) is 12.5. The van der Waals surface area contributed by atoms with Crippen LogP contribution in [0.1, 0.15) is 20.9 Å². The molecule has 0 saturated heterocycles. The summed E-state index contributed by atoms with van der Waals surface area (Å²) in [4.78, 5) is 33.4. The predicted octanol–water partition coefficient (Wildman–Crippen LogP) is 4.34. The number of nitrogens with zero attached hydrogens (tertiary/aromatic N) is 3. The topological polar surface area (TPSA) is 84.6 Å². The lowest BCUT2D eigenvalue weighted by molar-refractivity contribution is 0.0702. The Morgan fingerprint density at radius 3 is 2.61 bits per heavy atom. The quantitative estimate of drug-likeness (QED) is 0.542. The number of carboxylic acid groups (broad SMARTS) is 1. The summed E-state index contributed by atoms with van der Waals surface area (Å²) < 4.78 is 1.26. The summed E-state index contributed by atoms with van der Waals surface area (Å²) in [5.74, 6) is -1.13. The van der Waals surface area contributed by atoms with Gasteiger partial charge in [-0.3, -0.25) is 9.78 Å². The molecule has 138 valence electrons. The van der Waals surface area contributed by atoms with Crippen molar-refractivity contribution in [2.45, 2.75) is 0 Å². The van der Waals surface area contributed by atoms with Crippen LogP contribution in [0.4, 0.5) is 0 Å². The van der Waals surface area contributed by atoms with Crippen molar-refractivity contribution in [1.29, 1.82) is 0 Å². The highest BCUT2D eigenvalue weighted by Gasteiger charge is 2.23. The first kappa shape index (κ1) is 18.1.